The maximum atomic E-state index is 13.0. The van der Waals surface area contributed by atoms with Crippen molar-refractivity contribution in [1.29, 1.82) is 0 Å². The van der Waals surface area contributed by atoms with Crippen LogP contribution in [-0.4, -0.2) is 37.2 Å². The second kappa shape index (κ2) is 71.1. The largest absolute Gasteiger partial charge is 0.462 e. The van der Waals surface area contributed by atoms with Gasteiger partial charge in [0.15, 0.2) is 6.10 Å². The van der Waals surface area contributed by atoms with Crippen LogP contribution in [0.5, 0.6) is 0 Å². The quantitative estimate of drug-likeness (QED) is 0.0261. The third kappa shape index (κ3) is 69.3. The third-order valence-electron chi connectivity index (χ3n) is 15.9. The zero-order chi connectivity index (χ0) is 59.9. The monoisotopic (exact) mass is 1160 g/mol. The molecule has 0 spiro atoms. The lowest BCUT2D eigenvalue weighted by Gasteiger charge is -2.18. The lowest BCUT2D eigenvalue weighted by molar-refractivity contribution is -0.167. The van der Waals surface area contributed by atoms with Gasteiger partial charge in [0.1, 0.15) is 13.2 Å². The summed E-state index contributed by atoms with van der Waals surface area (Å²) in [6, 6.07) is 0. The van der Waals surface area contributed by atoms with Crippen molar-refractivity contribution in [3.8, 4) is 0 Å². The molecule has 0 aromatic carbocycles. The normalized spacial score (nSPS) is 12.6. The molecule has 480 valence electrons. The Morgan fingerprint density at radius 1 is 0.253 bits per heavy atom. The van der Waals surface area contributed by atoms with Crippen molar-refractivity contribution >= 4 is 17.9 Å². The van der Waals surface area contributed by atoms with Crippen LogP contribution in [0.25, 0.3) is 0 Å². The van der Waals surface area contributed by atoms with Gasteiger partial charge in [-0.3, -0.25) is 14.4 Å². The molecule has 0 aliphatic heterocycles. The first-order valence-electron chi connectivity index (χ1n) is 36.1. The molecular weight excluding hydrogens is 1020 g/mol. The van der Waals surface area contributed by atoms with E-state index in [4.69, 9.17) is 14.2 Å². The Labute approximate surface area is 515 Å². The van der Waals surface area contributed by atoms with Gasteiger partial charge in [-0.15, -0.1) is 0 Å². The molecule has 0 saturated heterocycles. The van der Waals surface area contributed by atoms with Gasteiger partial charge in [-0.25, -0.2) is 0 Å². The highest BCUT2D eigenvalue weighted by Crippen LogP contribution is 2.18. The molecule has 0 aliphatic carbocycles. The summed E-state index contributed by atoms with van der Waals surface area (Å²) in [5.41, 5.74) is 0. The molecule has 6 heteroatoms. The SMILES string of the molecule is CC/C=C\C/C=C\C/C=C\C/C=C\CCCCCCCCCCCCC(=O)OCC(COC(=O)CCCCCCCCCCCCCCCCCCCCCCC)OC(=O)CCCCCCCC/C=C\C/C=C\C/C=C\CCCCCCC. The maximum absolute atomic E-state index is 13.0. The molecule has 0 fully saturated rings. The van der Waals surface area contributed by atoms with Gasteiger partial charge in [-0.05, 0) is 96.3 Å². The van der Waals surface area contributed by atoms with Gasteiger partial charge in [0.05, 0.1) is 0 Å². The number of rotatable bonds is 66. The van der Waals surface area contributed by atoms with Gasteiger partial charge < -0.3 is 14.2 Å². The summed E-state index contributed by atoms with van der Waals surface area (Å²) in [5.74, 6) is -0.875. The lowest BCUT2D eigenvalue weighted by atomic mass is 10.0. The Morgan fingerprint density at radius 3 is 0.735 bits per heavy atom. The lowest BCUT2D eigenvalue weighted by Crippen LogP contribution is -2.30. The van der Waals surface area contributed by atoms with E-state index in [-0.39, 0.29) is 31.1 Å². The topological polar surface area (TPSA) is 78.9 Å². The van der Waals surface area contributed by atoms with Crippen LogP contribution in [0.3, 0.4) is 0 Å². The molecule has 1 unspecified atom stereocenters. The molecule has 0 amide bonds. The fourth-order valence-electron chi connectivity index (χ4n) is 10.5. The number of esters is 3. The highest BCUT2D eigenvalue weighted by atomic mass is 16.6. The van der Waals surface area contributed by atoms with Crippen LogP contribution in [0.2, 0.25) is 0 Å². The first kappa shape index (κ1) is 79.6. The summed E-state index contributed by atoms with van der Waals surface area (Å²) in [4.78, 5) is 38.5. The Balaban J connectivity index is 4.38. The summed E-state index contributed by atoms with van der Waals surface area (Å²) in [5, 5.41) is 0. The molecule has 0 bridgehead atoms. The van der Waals surface area contributed by atoms with E-state index < -0.39 is 6.10 Å². The zero-order valence-corrected chi connectivity index (χ0v) is 55.2. The summed E-state index contributed by atoms with van der Waals surface area (Å²) in [7, 11) is 0. The molecule has 0 saturated carbocycles. The number of carbonyl (C=O) groups is 3. The average Bonchev–Trinajstić information content (AvgIpc) is 3.49. The summed E-state index contributed by atoms with van der Waals surface area (Å²) in [6.45, 7) is 6.56. The van der Waals surface area contributed by atoms with Crippen LogP contribution in [0, 0.1) is 0 Å². The van der Waals surface area contributed by atoms with E-state index >= 15 is 0 Å². The summed E-state index contributed by atoms with van der Waals surface area (Å²) in [6.07, 6.45) is 94.6. The van der Waals surface area contributed by atoms with Gasteiger partial charge in [0.25, 0.3) is 0 Å². The van der Waals surface area contributed by atoms with Crippen molar-refractivity contribution in [1.82, 2.24) is 0 Å². The van der Waals surface area contributed by atoms with Crippen LogP contribution >= 0.6 is 0 Å². The molecular formula is C77H136O6. The predicted octanol–water partition coefficient (Wildman–Crippen LogP) is 25.0. The number of hydrogen-bond acceptors (Lipinski definition) is 6. The minimum atomic E-state index is -0.787. The molecule has 0 rings (SSSR count). The highest BCUT2D eigenvalue weighted by Gasteiger charge is 2.19. The fraction of sp³-hybridized carbons (Fsp3) is 0.779. The Hall–Kier alpha value is -3.41. The van der Waals surface area contributed by atoms with Crippen molar-refractivity contribution in [2.75, 3.05) is 13.2 Å². The number of ether oxygens (including phenoxy) is 3. The van der Waals surface area contributed by atoms with Gasteiger partial charge in [0.2, 0.25) is 0 Å². The van der Waals surface area contributed by atoms with Gasteiger partial charge in [-0.2, -0.15) is 0 Å². The molecule has 0 aromatic rings. The van der Waals surface area contributed by atoms with Crippen LogP contribution < -0.4 is 0 Å². The van der Waals surface area contributed by atoms with E-state index in [1.54, 1.807) is 0 Å². The Kier molecular flexibility index (Phi) is 68.2. The van der Waals surface area contributed by atoms with Crippen LogP contribution in [0.4, 0.5) is 0 Å². The first-order chi connectivity index (χ1) is 41.0. The van der Waals surface area contributed by atoms with Crippen molar-refractivity contribution in [2.45, 2.75) is 374 Å². The fourth-order valence-corrected chi connectivity index (χ4v) is 10.5. The van der Waals surface area contributed by atoms with Crippen LogP contribution in [-0.2, 0) is 28.6 Å². The molecule has 83 heavy (non-hydrogen) atoms. The average molecular weight is 1160 g/mol. The Morgan fingerprint density at radius 2 is 0.470 bits per heavy atom. The van der Waals surface area contributed by atoms with E-state index in [1.807, 2.05) is 0 Å². The molecule has 0 heterocycles. The first-order valence-corrected chi connectivity index (χ1v) is 36.1. The van der Waals surface area contributed by atoms with E-state index in [1.165, 1.54) is 218 Å². The second-order valence-electron chi connectivity index (χ2n) is 24.1. The Bertz CT molecular complexity index is 1570. The highest BCUT2D eigenvalue weighted by molar-refractivity contribution is 5.71. The summed E-state index contributed by atoms with van der Waals surface area (Å²) < 4.78 is 17.0. The summed E-state index contributed by atoms with van der Waals surface area (Å²) >= 11 is 0. The zero-order valence-electron chi connectivity index (χ0n) is 55.2. The molecule has 0 aromatic heterocycles. The van der Waals surface area contributed by atoms with E-state index in [2.05, 4.69) is 106 Å². The number of hydrogen-bond donors (Lipinski definition) is 0. The van der Waals surface area contributed by atoms with Crippen molar-refractivity contribution in [2.24, 2.45) is 0 Å². The molecule has 0 N–H and O–H groups in total. The molecule has 0 aliphatic rings. The molecule has 6 nitrogen and oxygen atoms in total. The molecule has 1 atom stereocenters. The van der Waals surface area contributed by atoms with E-state index in [0.717, 1.165) is 109 Å². The van der Waals surface area contributed by atoms with Crippen LogP contribution in [0.1, 0.15) is 367 Å². The number of allylic oxidation sites excluding steroid dienone is 14. The second-order valence-corrected chi connectivity index (χ2v) is 24.1. The standard InChI is InChI=1S/C77H136O6/c1-4-7-10-13-16-19-22-25-28-31-34-37-38-41-43-46-49-52-55-58-61-64-67-70-76(79)82-73-74(83-77(80)71-68-65-62-59-56-53-50-47-44-40-36-33-30-27-24-21-18-15-12-9-6-3)72-81-75(78)69-66-63-60-57-54-51-48-45-42-39-35-32-29-26-23-20-17-14-11-8-5-2/h7,10,16,19,24-25,27-28,33-34,36-37,44,47,74H,4-6,8-9,11-15,17-18,20-23,26,29-32,35,38-43,45-46,48-73H2,1-3H3/b10-7-,19-16-,27-24-,28-25-,36-33-,37-34-,47-44-. The maximum Gasteiger partial charge on any atom is 0.306 e. The van der Waals surface area contributed by atoms with E-state index in [0.29, 0.717) is 19.3 Å². The number of unbranched alkanes of at least 4 members (excludes halogenated alkanes) is 41. The van der Waals surface area contributed by atoms with E-state index in [9.17, 15) is 14.4 Å². The van der Waals surface area contributed by atoms with Crippen molar-refractivity contribution in [3.05, 3.63) is 85.1 Å². The van der Waals surface area contributed by atoms with Gasteiger partial charge in [0, 0.05) is 19.3 Å². The minimum absolute atomic E-state index is 0.0796. The van der Waals surface area contributed by atoms with Crippen LogP contribution in [0.15, 0.2) is 85.1 Å². The smallest absolute Gasteiger partial charge is 0.306 e. The predicted molar refractivity (Wildman–Crippen MR) is 362 cm³/mol. The minimum Gasteiger partial charge on any atom is -0.462 e. The van der Waals surface area contributed by atoms with Crippen molar-refractivity contribution in [3.63, 3.8) is 0 Å². The van der Waals surface area contributed by atoms with Gasteiger partial charge in [-0.1, -0.05) is 337 Å². The van der Waals surface area contributed by atoms with Crippen molar-refractivity contribution < 1.29 is 28.6 Å². The molecule has 0 radical (unpaired) electrons. The number of carbonyl (C=O) groups excluding carboxylic acids is 3. The third-order valence-corrected chi connectivity index (χ3v) is 15.9. The van der Waals surface area contributed by atoms with Gasteiger partial charge >= 0.3 is 17.9 Å².